The highest BCUT2D eigenvalue weighted by atomic mass is 16.5. The first-order valence-corrected chi connectivity index (χ1v) is 8.56. The van der Waals surface area contributed by atoms with Crippen molar-refractivity contribution in [1.29, 1.82) is 0 Å². The maximum absolute atomic E-state index is 5.33. The molecular weight excluding hydrogens is 288 g/mol. The van der Waals surface area contributed by atoms with Gasteiger partial charge in [0.05, 0.1) is 6.61 Å². The number of guanidine groups is 1. The topological polar surface area (TPSA) is 48.9 Å². The van der Waals surface area contributed by atoms with Crippen LogP contribution in [0.2, 0.25) is 0 Å². The minimum Gasteiger partial charge on any atom is -0.380 e. The molecule has 130 valence electrons. The lowest BCUT2D eigenvalue weighted by Gasteiger charge is -2.20. The molecule has 2 N–H and O–H groups in total. The van der Waals surface area contributed by atoms with Crippen LogP contribution in [0, 0.1) is 0 Å². The summed E-state index contributed by atoms with van der Waals surface area (Å²) < 4.78 is 5.33. The van der Waals surface area contributed by atoms with Crippen molar-refractivity contribution < 1.29 is 4.74 Å². The van der Waals surface area contributed by atoms with E-state index in [0.29, 0.717) is 6.61 Å². The number of nitrogens with one attached hydrogen (secondary N) is 2. The summed E-state index contributed by atoms with van der Waals surface area (Å²) in [5.74, 6) is 0.808. The van der Waals surface area contributed by atoms with Gasteiger partial charge in [0.2, 0.25) is 0 Å². The van der Waals surface area contributed by atoms with Crippen LogP contribution in [0.15, 0.2) is 29.3 Å². The Morgan fingerprint density at radius 1 is 1.09 bits per heavy atom. The molecule has 0 bridgehead atoms. The highest BCUT2D eigenvalue weighted by Crippen LogP contribution is 2.11. The molecule has 0 aliphatic rings. The zero-order valence-corrected chi connectivity index (χ0v) is 15.1. The van der Waals surface area contributed by atoms with Crippen LogP contribution in [0.3, 0.4) is 0 Å². The maximum Gasteiger partial charge on any atom is 0.191 e. The molecule has 5 heteroatoms. The van der Waals surface area contributed by atoms with Gasteiger partial charge in [-0.15, -0.1) is 0 Å². The van der Waals surface area contributed by atoms with Crippen molar-refractivity contribution in [1.82, 2.24) is 15.5 Å². The van der Waals surface area contributed by atoms with Crippen molar-refractivity contribution in [3.8, 4) is 0 Å². The number of ether oxygens (including phenoxy) is 1. The van der Waals surface area contributed by atoms with Gasteiger partial charge in [-0.1, -0.05) is 38.1 Å². The zero-order chi connectivity index (χ0) is 16.9. The third-order valence-corrected chi connectivity index (χ3v) is 3.82. The van der Waals surface area contributed by atoms with Gasteiger partial charge < -0.3 is 15.4 Å². The van der Waals surface area contributed by atoms with Gasteiger partial charge in [-0.25, -0.2) is 0 Å². The van der Waals surface area contributed by atoms with Gasteiger partial charge in [0, 0.05) is 33.3 Å². The van der Waals surface area contributed by atoms with Crippen LogP contribution in [0.5, 0.6) is 0 Å². The molecule has 0 fully saturated rings. The summed E-state index contributed by atoms with van der Waals surface area (Å²) in [7, 11) is 1.79. The van der Waals surface area contributed by atoms with Crippen LogP contribution in [0.25, 0.3) is 0 Å². The van der Waals surface area contributed by atoms with E-state index in [9.17, 15) is 0 Å². The van der Waals surface area contributed by atoms with E-state index in [1.165, 1.54) is 11.1 Å². The molecule has 0 saturated carbocycles. The lowest BCUT2D eigenvalue weighted by atomic mass is 10.1. The molecule has 0 saturated heterocycles. The van der Waals surface area contributed by atoms with Crippen LogP contribution in [-0.2, 0) is 17.8 Å². The molecular formula is C18H32N4O. The minimum atomic E-state index is 0.690. The smallest absolute Gasteiger partial charge is 0.191 e. The Kier molecular flexibility index (Phi) is 10.1. The third-order valence-electron chi connectivity index (χ3n) is 3.82. The first-order valence-electron chi connectivity index (χ1n) is 8.56. The second-order valence-electron chi connectivity index (χ2n) is 5.28. The molecule has 5 nitrogen and oxygen atoms in total. The molecule has 0 unspecified atom stereocenters. The number of rotatable bonds is 10. The minimum absolute atomic E-state index is 0.690. The van der Waals surface area contributed by atoms with Gasteiger partial charge in [0.15, 0.2) is 5.96 Å². The number of aliphatic imine (C=N–C) groups is 1. The quantitative estimate of drug-likeness (QED) is 0.394. The summed E-state index contributed by atoms with van der Waals surface area (Å²) in [4.78, 5) is 6.68. The Morgan fingerprint density at radius 3 is 2.39 bits per heavy atom. The van der Waals surface area contributed by atoms with E-state index in [2.05, 4.69) is 58.6 Å². The average molecular weight is 320 g/mol. The molecule has 1 aromatic carbocycles. The van der Waals surface area contributed by atoms with Crippen molar-refractivity contribution in [2.24, 2.45) is 4.99 Å². The molecule has 0 aliphatic heterocycles. The fourth-order valence-corrected chi connectivity index (χ4v) is 2.36. The van der Waals surface area contributed by atoms with E-state index in [0.717, 1.165) is 45.3 Å². The van der Waals surface area contributed by atoms with Crippen LogP contribution in [-0.4, -0.2) is 50.8 Å². The van der Waals surface area contributed by atoms with Crippen molar-refractivity contribution in [2.75, 3.05) is 39.9 Å². The predicted octanol–water partition coefficient (Wildman–Crippen LogP) is 2.23. The summed E-state index contributed by atoms with van der Waals surface area (Å²) in [6, 6.07) is 8.59. The molecule has 0 atom stereocenters. The van der Waals surface area contributed by atoms with Crippen molar-refractivity contribution in [3.05, 3.63) is 35.4 Å². The number of hydrogen-bond donors (Lipinski definition) is 2. The first kappa shape index (κ1) is 19.5. The van der Waals surface area contributed by atoms with Crippen LogP contribution >= 0.6 is 0 Å². The van der Waals surface area contributed by atoms with Crippen LogP contribution in [0.4, 0.5) is 0 Å². The highest BCUT2D eigenvalue weighted by molar-refractivity contribution is 5.79. The lowest BCUT2D eigenvalue weighted by Crippen LogP contribution is -2.38. The predicted molar refractivity (Wildman–Crippen MR) is 97.8 cm³/mol. The monoisotopic (exact) mass is 320 g/mol. The normalized spacial score (nSPS) is 11.8. The Morgan fingerprint density at radius 2 is 1.78 bits per heavy atom. The molecule has 1 rings (SSSR count). The molecule has 1 aromatic rings. The van der Waals surface area contributed by atoms with E-state index >= 15 is 0 Å². The Labute approximate surface area is 141 Å². The summed E-state index contributed by atoms with van der Waals surface area (Å²) in [5.41, 5.74) is 2.68. The van der Waals surface area contributed by atoms with Crippen LogP contribution in [0.1, 0.15) is 31.9 Å². The van der Waals surface area contributed by atoms with Crippen molar-refractivity contribution in [3.63, 3.8) is 0 Å². The largest absolute Gasteiger partial charge is 0.380 e. The second kappa shape index (κ2) is 11.9. The van der Waals surface area contributed by atoms with E-state index in [1.54, 1.807) is 7.05 Å². The van der Waals surface area contributed by atoms with E-state index in [1.807, 2.05) is 6.92 Å². The van der Waals surface area contributed by atoms with Gasteiger partial charge in [-0.05, 0) is 31.1 Å². The van der Waals surface area contributed by atoms with Gasteiger partial charge in [0.25, 0.3) is 0 Å². The summed E-state index contributed by atoms with van der Waals surface area (Å²) in [6.45, 7) is 12.5. The SMILES string of the molecule is CCOCCNC(=NC)NCc1ccccc1CN(CC)CC. The first-order chi connectivity index (χ1) is 11.2. The molecule has 0 aromatic heterocycles. The van der Waals surface area contributed by atoms with Gasteiger partial charge in [-0.3, -0.25) is 9.89 Å². The van der Waals surface area contributed by atoms with Gasteiger partial charge >= 0.3 is 0 Å². The standard InChI is InChI=1S/C18H32N4O/c1-5-22(6-2)15-17-11-9-8-10-16(17)14-21-18(19-4)20-12-13-23-7-3/h8-11H,5-7,12-15H2,1-4H3,(H2,19,20,21). The van der Waals surface area contributed by atoms with Crippen molar-refractivity contribution in [2.45, 2.75) is 33.9 Å². The third kappa shape index (κ3) is 7.48. The van der Waals surface area contributed by atoms with Crippen molar-refractivity contribution >= 4 is 5.96 Å². The Balaban J connectivity index is 2.55. The number of hydrogen-bond acceptors (Lipinski definition) is 3. The van der Waals surface area contributed by atoms with E-state index in [4.69, 9.17) is 4.74 Å². The molecule has 0 radical (unpaired) electrons. The highest BCUT2D eigenvalue weighted by Gasteiger charge is 2.06. The average Bonchev–Trinajstić information content (AvgIpc) is 2.60. The summed E-state index contributed by atoms with van der Waals surface area (Å²) in [6.07, 6.45) is 0. The summed E-state index contributed by atoms with van der Waals surface area (Å²) in [5, 5.41) is 6.64. The van der Waals surface area contributed by atoms with E-state index < -0.39 is 0 Å². The molecule has 0 heterocycles. The van der Waals surface area contributed by atoms with Crippen LogP contribution < -0.4 is 10.6 Å². The second-order valence-corrected chi connectivity index (χ2v) is 5.28. The molecule has 0 amide bonds. The zero-order valence-electron chi connectivity index (χ0n) is 15.1. The fraction of sp³-hybridized carbons (Fsp3) is 0.611. The Hall–Kier alpha value is -1.59. The molecule has 0 spiro atoms. The lowest BCUT2D eigenvalue weighted by molar-refractivity contribution is 0.152. The Bertz CT molecular complexity index is 458. The molecule has 0 aliphatic carbocycles. The van der Waals surface area contributed by atoms with E-state index in [-0.39, 0.29) is 0 Å². The van der Waals surface area contributed by atoms with Gasteiger partial charge in [0.1, 0.15) is 0 Å². The number of benzene rings is 1. The van der Waals surface area contributed by atoms with Gasteiger partial charge in [-0.2, -0.15) is 0 Å². The molecule has 23 heavy (non-hydrogen) atoms. The fourth-order valence-electron chi connectivity index (χ4n) is 2.36. The summed E-state index contributed by atoms with van der Waals surface area (Å²) >= 11 is 0. The maximum atomic E-state index is 5.33. The number of nitrogens with zero attached hydrogens (tertiary/aromatic N) is 2.